The van der Waals surface area contributed by atoms with Crippen LogP contribution < -0.4 is 0 Å². The van der Waals surface area contributed by atoms with Crippen molar-refractivity contribution in [1.29, 1.82) is 0 Å². The standard InChI is InChI=1S/C9H9N3/c1-2-4-8-7(3-1)11-9-10-5-6-12(8)9/h1,3,5-6H,2,4H2,(H,10,11). The highest BCUT2D eigenvalue weighted by Gasteiger charge is 2.10. The van der Waals surface area contributed by atoms with E-state index in [-0.39, 0.29) is 0 Å². The van der Waals surface area contributed by atoms with Crippen LogP contribution in [-0.2, 0) is 6.42 Å². The van der Waals surface area contributed by atoms with Gasteiger partial charge in [0.25, 0.3) is 0 Å². The Hall–Kier alpha value is -1.51. The van der Waals surface area contributed by atoms with Crippen LogP contribution in [0.3, 0.4) is 0 Å². The molecule has 0 aromatic carbocycles. The SMILES string of the molecule is C1=Cc2[nH]c3nccn3c2CC1. The molecule has 0 saturated carbocycles. The van der Waals surface area contributed by atoms with E-state index in [1.165, 1.54) is 11.4 Å². The summed E-state index contributed by atoms with van der Waals surface area (Å²) >= 11 is 0. The second kappa shape index (κ2) is 2.00. The smallest absolute Gasteiger partial charge is 0.211 e. The van der Waals surface area contributed by atoms with E-state index in [1.807, 2.05) is 12.4 Å². The Bertz CT molecular complexity index is 447. The highest BCUT2D eigenvalue weighted by molar-refractivity contribution is 5.55. The molecule has 0 saturated heterocycles. The van der Waals surface area contributed by atoms with Gasteiger partial charge in [-0.25, -0.2) is 4.98 Å². The Balaban J connectivity index is 2.42. The van der Waals surface area contributed by atoms with Crippen LogP contribution in [0, 0.1) is 0 Å². The average molecular weight is 159 g/mol. The number of fused-ring (bicyclic) bond motifs is 3. The molecule has 0 unspecified atom stereocenters. The van der Waals surface area contributed by atoms with Crippen LogP contribution >= 0.6 is 0 Å². The first-order chi connectivity index (χ1) is 5.95. The van der Waals surface area contributed by atoms with Crippen LogP contribution in [0.2, 0.25) is 0 Å². The van der Waals surface area contributed by atoms with Gasteiger partial charge >= 0.3 is 0 Å². The zero-order valence-corrected chi connectivity index (χ0v) is 6.62. The molecule has 0 radical (unpaired) electrons. The van der Waals surface area contributed by atoms with Crippen molar-refractivity contribution < 1.29 is 0 Å². The molecule has 1 aliphatic carbocycles. The molecule has 2 heterocycles. The fourth-order valence-electron chi connectivity index (χ4n) is 1.75. The third kappa shape index (κ3) is 0.630. The second-order valence-corrected chi connectivity index (χ2v) is 3.05. The van der Waals surface area contributed by atoms with E-state index in [0.29, 0.717) is 0 Å². The summed E-state index contributed by atoms with van der Waals surface area (Å²) in [6.45, 7) is 0. The highest BCUT2D eigenvalue weighted by atomic mass is 15.1. The van der Waals surface area contributed by atoms with Crippen LogP contribution in [0.15, 0.2) is 18.5 Å². The largest absolute Gasteiger partial charge is 0.324 e. The minimum Gasteiger partial charge on any atom is -0.324 e. The molecule has 1 N–H and O–H groups in total. The summed E-state index contributed by atoms with van der Waals surface area (Å²) in [4.78, 5) is 7.46. The van der Waals surface area contributed by atoms with Crippen LogP contribution in [0.5, 0.6) is 0 Å². The highest BCUT2D eigenvalue weighted by Crippen LogP contribution is 2.19. The van der Waals surface area contributed by atoms with Crippen molar-refractivity contribution in [3.63, 3.8) is 0 Å². The molecule has 3 rings (SSSR count). The summed E-state index contributed by atoms with van der Waals surface area (Å²) in [5.74, 6) is 0.951. The summed E-state index contributed by atoms with van der Waals surface area (Å²) in [7, 11) is 0. The summed E-state index contributed by atoms with van der Waals surface area (Å²) < 4.78 is 2.12. The first-order valence-electron chi connectivity index (χ1n) is 4.15. The average Bonchev–Trinajstić information content (AvgIpc) is 2.62. The quantitative estimate of drug-likeness (QED) is 0.622. The minimum atomic E-state index is 0.951. The number of aromatic amines is 1. The van der Waals surface area contributed by atoms with E-state index in [1.54, 1.807) is 0 Å². The molecule has 2 aromatic rings. The lowest BCUT2D eigenvalue weighted by molar-refractivity contribution is 0.911. The predicted octanol–water partition coefficient (Wildman–Crippen LogP) is 1.62. The van der Waals surface area contributed by atoms with Gasteiger partial charge in [0.1, 0.15) is 0 Å². The van der Waals surface area contributed by atoms with Gasteiger partial charge in [-0.3, -0.25) is 4.40 Å². The van der Waals surface area contributed by atoms with E-state index in [2.05, 4.69) is 26.5 Å². The predicted molar refractivity (Wildman–Crippen MR) is 46.9 cm³/mol. The van der Waals surface area contributed by atoms with Crippen molar-refractivity contribution >= 4 is 11.9 Å². The molecule has 0 atom stereocenters. The van der Waals surface area contributed by atoms with Crippen molar-refractivity contribution in [2.24, 2.45) is 0 Å². The number of allylic oxidation sites excluding steroid dienone is 1. The van der Waals surface area contributed by atoms with Crippen molar-refractivity contribution in [3.8, 4) is 0 Å². The number of H-pyrrole nitrogens is 1. The Morgan fingerprint density at radius 2 is 2.50 bits per heavy atom. The third-order valence-electron chi connectivity index (χ3n) is 2.32. The van der Waals surface area contributed by atoms with Gasteiger partial charge in [0, 0.05) is 18.1 Å². The molecule has 0 amide bonds. The molecule has 0 fully saturated rings. The van der Waals surface area contributed by atoms with E-state index >= 15 is 0 Å². The number of hydrogen-bond donors (Lipinski definition) is 1. The number of imidazole rings is 2. The Labute approximate surface area is 69.7 Å². The lowest BCUT2D eigenvalue weighted by Gasteiger charge is -2.03. The van der Waals surface area contributed by atoms with Crippen molar-refractivity contribution in [3.05, 3.63) is 29.9 Å². The Kier molecular flexibility index (Phi) is 1.01. The number of nitrogens with zero attached hydrogens (tertiary/aromatic N) is 2. The van der Waals surface area contributed by atoms with Crippen molar-refractivity contribution in [1.82, 2.24) is 14.4 Å². The molecule has 3 heteroatoms. The van der Waals surface area contributed by atoms with Gasteiger partial charge in [0.15, 0.2) is 0 Å². The molecule has 0 spiro atoms. The molecular formula is C9H9N3. The molecular weight excluding hydrogens is 150 g/mol. The van der Waals surface area contributed by atoms with Gasteiger partial charge in [0.2, 0.25) is 5.78 Å². The van der Waals surface area contributed by atoms with Crippen LogP contribution in [-0.4, -0.2) is 14.4 Å². The fourth-order valence-corrected chi connectivity index (χ4v) is 1.75. The van der Waals surface area contributed by atoms with Gasteiger partial charge in [-0.1, -0.05) is 6.08 Å². The first kappa shape index (κ1) is 6.06. The third-order valence-corrected chi connectivity index (χ3v) is 2.32. The first-order valence-corrected chi connectivity index (χ1v) is 4.15. The molecule has 0 bridgehead atoms. The topological polar surface area (TPSA) is 33.1 Å². The maximum Gasteiger partial charge on any atom is 0.211 e. The lowest BCUT2D eigenvalue weighted by atomic mass is 10.1. The molecule has 2 aromatic heterocycles. The molecule has 3 nitrogen and oxygen atoms in total. The Morgan fingerprint density at radius 3 is 3.50 bits per heavy atom. The van der Waals surface area contributed by atoms with Gasteiger partial charge < -0.3 is 4.98 Å². The maximum absolute atomic E-state index is 4.20. The molecule has 1 aliphatic rings. The second-order valence-electron chi connectivity index (χ2n) is 3.05. The normalized spacial score (nSPS) is 15.3. The fraction of sp³-hybridized carbons (Fsp3) is 0.222. The van der Waals surface area contributed by atoms with Crippen LogP contribution in [0.1, 0.15) is 17.8 Å². The van der Waals surface area contributed by atoms with E-state index < -0.39 is 0 Å². The number of hydrogen-bond acceptors (Lipinski definition) is 1. The maximum atomic E-state index is 4.20. The Morgan fingerprint density at radius 1 is 1.50 bits per heavy atom. The summed E-state index contributed by atoms with van der Waals surface area (Å²) in [6, 6.07) is 0. The number of nitrogens with one attached hydrogen (secondary N) is 1. The summed E-state index contributed by atoms with van der Waals surface area (Å²) in [5, 5.41) is 0. The number of aryl methyl sites for hydroxylation is 1. The minimum absolute atomic E-state index is 0.951. The van der Waals surface area contributed by atoms with Gasteiger partial charge in [0.05, 0.1) is 5.69 Å². The van der Waals surface area contributed by atoms with E-state index in [9.17, 15) is 0 Å². The summed E-state index contributed by atoms with van der Waals surface area (Å²) in [6.07, 6.45) is 10.4. The van der Waals surface area contributed by atoms with E-state index in [4.69, 9.17) is 0 Å². The van der Waals surface area contributed by atoms with Crippen molar-refractivity contribution in [2.45, 2.75) is 12.8 Å². The lowest BCUT2D eigenvalue weighted by Crippen LogP contribution is -1.95. The van der Waals surface area contributed by atoms with Crippen LogP contribution in [0.25, 0.3) is 11.9 Å². The van der Waals surface area contributed by atoms with Crippen LogP contribution in [0.4, 0.5) is 0 Å². The van der Waals surface area contributed by atoms with E-state index in [0.717, 1.165) is 18.6 Å². The summed E-state index contributed by atoms with van der Waals surface area (Å²) in [5.41, 5.74) is 2.56. The molecule has 60 valence electrons. The molecule has 12 heavy (non-hydrogen) atoms. The van der Waals surface area contributed by atoms with Gasteiger partial charge in [-0.2, -0.15) is 0 Å². The number of rotatable bonds is 0. The molecule has 0 aliphatic heterocycles. The van der Waals surface area contributed by atoms with Gasteiger partial charge in [-0.15, -0.1) is 0 Å². The van der Waals surface area contributed by atoms with Crippen molar-refractivity contribution in [2.75, 3.05) is 0 Å². The zero-order valence-electron chi connectivity index (χ0n) is 6.62. The number of aromatic nitrogens is 3. The zero-order chi connectivity index (χ0) is 7.97. The monoisotopic (exact) mass is 159 g/mol. The van der Waals surface area contributed by atoms with Gasteiger partial charge in [-0.05, 0) is 18.9 Å².